The van der Waals surface area contributed by atoms with E-state index >= 15 is 0 Å². The van der Waals surface area contributed by atoms with Crippen LogP contribution in [0.5, 0.6) is 5.75 Å². The fraction of sp³-hybridized carbons (Fsp3) is 0.0769. The molecule has 0 fully saturated rings. The second-order valence-corrected chi connectivity index (χ2v) is 3.31. The number of carbonyl (C=O) groups excluding carboxylic acids is 2. The van der Waals surface area contributed by atoms with E-state index in [1.165, 1.54) is 29.9 Å². The maximum atomic E-state index is 10.3. The van der Waals surface area contributed by atoms with Gasteiger partial charge in [0.1, 0.15) is 5.75 Å². The quantitative estimate of drug-likeness (QED) is 0.674. The Morgan fingerprint density at radius 2 is 1.19 bits per heavy atom. The first kappa shape index (κ1) is 11.9. The summed E-state index contributed by atoms with van der Waals surface area (Å²) in [5, 5.41) is 8.76. The number of hydrogen-bond acceptors (Lipinski definition) is 3. The van der Waals surface area contributed by atoms with Crippen molar-refractivity contribution in [3.8, 4) is 5.75 Å². The van der Waals surface area contributed by atoms with Crippen LogP contribution in [0.1, 0.15) is 5.56 Å². The maximum Gasteiger partial charge on any atom is 0.178 e. The largest absolute Gasteiger partial charge is 0.508 e. The van der Waals surface area contributed by atoms with E-state index in [1.54, 1.807) is 12.1 Å². The van der Waals surface area contributed by atoms with Crippen LogP contribution >= 0.6 is 0 Å². The summed E-state index contributed by atoms with van der Waals surface area (Å²) in [4.78, 5) is 20.6. The van der Waals surface area contributed by atoms with Crippen LogP contribution < -0.4 is 0 Å². The van der Waals surface area contributed by atoms with E-state index in [-0.39, 0.29) is 11.6 Å². The number of hydrogen-bond donors (Lipinski definition) is 1. The highest BCUT2D eigenvalue weighted by atomic mass is 16.3. The number of benzene rings is 1. The molecule has 0 aromatic heterocycles. The highest BCUT2D eigenvalue weighted by molar-refractivity contribution is 6.14. The normalized spacial score (nSPS) is 13.3. The van der Waals surface area contributed by atoms with Crippen LogP contribution in [0.15, 0.2) is 48.6 Å². The first-order valence-electron chi connectivity index (χ1n) is 4.77. The van der Waals surface area contributed by atoms with E-state index in [4.69, 9.17) is 5.11 Å². The van der Waals surface area contributed by atoms with E-state index in [9.17, 15) is 9.59 Å². The van der Waals surface area contributed by atoms with Crippen molar-refractivity contribution in [2.24, 2.45) is 0 Å². The van der Waals surface area contributed by atoms with Crippen LogP contribution in [0.25, 0.3) is 0 Å². The molecule has 1 aromatic rings. The van der Waals surface area contributed by atoms with Crippen molar-refractivity contribution >= 4 is 11.6 Å². The van der Waals surface area contributed by atoms with E-state index < -0.39 is 0 Å². The minimum Gasteiger partial charge on any atom is -0.508 e. The highest BCUT2D eigenvalue weighted by Crippen LogP contribution is 2.07. The second kappa shape index (κ2) is 5.66. The molecule has 0 saturated carbocycles. The first-order chi connectivity index (χ1) is 7.58. The van der Waals surface area contributed by atoms with Crippen LogP contribution in [-0.4, -0.2) is 16.7 Å². The average Bonchev–Trinajstić information content (AvgIpc) is 2.28. The van der Waals surface area contributed by atoms with E-state index in [0.29, 0.717) is 5.75 Å². The summed E-state index contributed by atoms with van der Waals surface area (Å²) in [7, 11) is 0. The lowest BCUT2D eigenvalue weighted by Gasteiger charge is -1.89. The van der Waals surface area contributed by atoms with Gasteiger partial charge in [-0.2, -0.15) is 0 Å². The number of phenols is 1. The Kier molecular flexibility index (Phi) is 4.21. The van der Waals surface area contributed by atoms with Crippen molar-refractivity contribution in [3.05, 3.63) is 54.1 Å². The molecular weight excluding hydrogens is 204 g/mol. The van der Waals surface area contributed by atoms with Gasteiger partial charge in [-0.1, -0.05) is 17.7 Å². The Labute approximate surface area is 93.7 Å². The maximum absolute atomic E-state index is 10.3. The van der Waals surface area contributed by atoms with Crippen molar-refractivity contribution in [1.82, 2.24) is 0 Å². The van der Waals surface area contributed by atoms with Crippen molar-refractivity contribution in [3.63, 3.8) is 0 Å². The lowest BCUT2D eigenvalue weighted by molar-refractivity contribution is -0.113. The van der Waals surface area contributed by atoms with Gasteiger partial charge in [-0.15, -0.1) is 0 Å². The van der Waals surface area contributed by atoms with Gasteiger partial charge < -0.3 is 5.11 Å². The van der Waals surface area contributed by atoms with Crippen LogP contribution in [0, 0.1) is 6.92 Å². The predicted molar refractivity (Wildman–Crippen MR) is 61.1 cm³/mol. The number of carbonyl (C=O) groups is 2. The van der Waals surface area contributed by atoms with Crippen LogP contribution in [0.3, 0.4) is 0 Å². The third-order valence-electron chi connectivity index (χ3n) is 1.86. The summed E-state index contributed by atoms with van der Waals surface area (Å²) < 4.78 is 0. The van der Waals surface area contributed by atoms with Gasteiger partial charge in [0.05, 0.1) is 0 Å². The standard InChI is InChI=1S/C7H8O.C6H4O2/c1-6-2-4-7(8)5-3-6;7-5-1-2-6(8)4-3-5/h2-5,8H,1H3;1-4H. The van der Waals surface area contributed by atoms with Gasteiger partial charge in [0.2, 0.25) is 0 Å². The van der Waals surface area contributed by atoms with Gasteiger partial charge in [0.25, 0.3) is 0 Å². The Balaban J connectivity index is 0.000000160. The van der Waals surface area contributed by atoms with Gasteiger partial charge in [-0.3, -0.25) is 9.59 Å². The molecule has 0 unspecified atom stereocenters. The zero-order valence-electron chi connectivity index (χ0n) is 8.88. The van der Waals surface area contributed by atoms with Crippen LogP contribution in [0.4, 0.5) is 0 Å². The van der Waals surface area contributed by atoms with Crippen molar-refractivity contribution in [2.75, 3.05) is 0 Å². The zero-order valence-corrected chi connectivity index (χ0v) is 8.88. The topological polar surface area (TPSA) is 54.4 Å². The second-order valence-electron chi connectivity index (χ2n) is 3.31. The fourth-order valence-corrected chi connectivity index (χ4v) is 0.984. The zero-order chi connectivity index (χ0) is 12.0. The predicted octanol–water partition coefficient (Wildman–Crippen LogP) is 1.95. The summed E-state index contributed by atoms with van der Waals surface area (Å²) in [6.07, 6.45) is 5.01. The Hall–Kier alpha value is -2.16. The summed E-state index contributed by atoms with van der Waals surface area (Å²) in [5.74, 6) is 0.0878. The van der Waals surface area contributed by atoms with Crippen LogP contribution in [0.2, 0.25) is 0 Å². The highest BCUT2D eigenvalue weighted by Gasteiger charge is 1.97. The molecule has 0 saturated heterocycles. The molecule has 3 heteroatoms. The molecule has 0 amide bonds. The van der Waals surface area contributed by atoms with Gasteiger partial charge in [0.15, 0.2) is 11.6 Å². The molecule has 3 nitrogen and oxygen atoms in total. The number of rotatable bonds is 0. The molecule has 1 aliphatic rings. The molecule has 0 aliphatic heterocycles. The molecule has 0 atom stereocenters. The third kappa shape index (κ3) is 4.37. The first-order valence-corrected chi connectivity index (χ1v) is 4.77. The molecule has 82 valence electrons. The average molecular weight is 216 g/mol. The lowest BCUT2D eigenvalue weighted by atomic mass is 10.2. The summed E-state index contributed by atoms with van der Waals surface area (Å²) >= 11 is 0. The SMILES string of the molecule is Cc1ccc(O)cc1.O=C1C=CC(=O)C=C1. The smallest absolute Gasteiger partial charge is 0.178 e. The molecule has 1 aliphatic carbocycles. The van der Waals surface area contributed by atoms with Gasteiger partial charge >= 0.3 is 0 Å². The Morgan fingerprint density at radius 3 is 1.50 bits per heavy atom. The third-order valence-corrected chi connectivity index (χ3v) is 1.86. The summed E-state index contributed by atoms with van der Waals surface area (Å²) in [6.45, 7) is 1.99. The monoisotopic (exact) mass is 216 g/mol. The number of aromatic hydroxyl groups is 1. The molecule has 1 N–H and O–H groups in total. The summed E-state index contributed by atoms with van der Waals surface area (Å²) in [5.41, 5.74) is 1.17. The molecule has 0 bridgehead atoms. The molecule has 16 heavy (non-hydrogen) atoms. The number of phenolic OH excluding ortho intramolecular Hbond substituents is 1. The molecular formula is C13H12O3. The van der Waals surface area contributed by atoms with E-state index in [0.717, 1.165) is 0 Å². The minimum absolute atomic E-state index is 0.121. The van der Waals surface area contributed by atoms with Crippen LogP contribution in [-0.2, 0) is 9.59 Å². The van der Waals surface area contributed by atoms with Crippen molar-refractivity contribution in [2.45, 2.75) is 6.92 Å². The molecule has 0 heterocycles. The Morgan fingerprint density at radius 1 is 0.812 bits per heavy atom. The minimum atomic E-state index is -0.121. The van der Waals surface area contributed by atoms with E-state index in [2.05, 4.69) is 0 Å². The molecule has 0 radical (unpaired) electrons. The number of allylic oxidation sites excluding steroid dienone is 4. The number of aryl methyl sites for hydroxylation is 1. The molecule has 1 aromatic carbocycles. The number of ketones is 2. The molecule has 0 spiro atoms. The van der Waals surface area contributed by atoms with Gasteiger partial charge in [0, 0.05) is 0 Å². The fourth-order valence-electron chi connectivity index (χ4n) is 0.984. The van der Waals surface area contributed by atoms with E-state index in [1.807, 2.05) is 19.1 Å². The Bertz CT molecular complexity index is 380. The van der Waals surface area contributed by atoms with Crippen molar-refractivity contribution < 1.29 is 14.7 Å². The molecule has 2 rings (SSSR count). The lowest BCUT2D eigenvalue weighted by Crippen LogP contribution is -1.97. The summed E-state index contributed by atoms with van der Waals surface area (Å²) in [6, 6.07) is 7.09. The van der Waals surface area contributed by atoms with Crippen molar-refractivity contribution in [1.29, 1.82) is 0 Å². The van der Waals surface area contributed by atoms with Gasteiger partial charge in [-0.25, -0.2) is 0 Å². The van der Waals surface area contributed by atoms with Gasteiger partial charge in [-0.05, 0) is 43.4 Å².